The van der Waals surface area contributed by atoms with Gasteiger partial charge >= 0.3 is 0 Å². The number of nitrogens with one attached hydrogen (secondary N) is 2. The van der Waals surface area contributed by atoms with Crippen LogP contribution in [0.1, 0.15) is 5.56 Å². The second-order valence-corrected chi connectivity index (χ2v) is 10.5. The molecular weight excluding hydrogens is 508 g/mol. The SMILES string of the molecule is COc1cc(OC)c(/C=C/S(=O)(=O)Nc2ccc(OC)c(NS(=O)(=O)c3ccccc3)c2)c(OC)c1. The molecule has 10 nitrogen and oxygen atoms in total. The monoisotopic (exact) mass is 534 g/mol. The van der Waals surface area contributed by atoms with Crippen molar-refractivity contribution >= 4 is 37.5 Å². The quantitative estimate of drug-likeness (QED) is 0.379. The number of hydrogen-bond donors (Lipinski definition) is 2. The van der Waals surface area contributed by atoms with Gasteiger partial charge in [0.05, 0.1) is 55.7 Å². The topological polar surface area (TPSA) is 129 Å². The third kappa shape index (κ3) is 6.40. The highest BCUT2D eigenvalue weighted by Gasteiger charge is 2.18. The van der Waals surface area contributed by atoms with Crippen molar-refractivity contribution in [3.05, 3.63) is 71.6 Å². The predicted octanol–water partition coefficient (Wildman–Crippen LogP) is 3.93. The molecule has 192 valence electrons. The highest BCUT2D eigenvalue weighted by atomic mass is 32.2. The number of benzene rings is 3. The Balaban J connectivity index is 1.89. The minimum atomic E-state index is -4.02. The lowest BCUT2D eigenvalue weighted by atomic mass is 10.1. The van der Waals surface area contributed by atoms with Gasteiger partial charge in [-0.15, -0.1) is 0 Å². The summed E-state index contributed by atoms with van der Waals surface area (Å²) in [5.41, 5.74) is 0.557. The molecule has 0 aliphatic heterocycles. The molecule has 0 spiro atoms. The van der Waals surface area contributed by atoms with Gasteiger partial charge in [-0.25, -0.2) is 16.8 Å². The van der Waals surface area contributed by atoms with Crippen LogP contribution in [0.25, 0.3) is 6.08 Å². The van der Waals surface area contributed by atoms with Gasteiger partial charge in [0.25, 0.3) is 20.0 Å². The van der Waals surface area contributed by atoms with E-state index in [4.69, 9.17) is 18.9 Å². The lowest BCUT2D eigenvalue weighted by molar-refractivity contribution is 0.374. The second kappa shape index (κ2) is 11.2. The molecule has 0 fully saturated rings. The molecular formula is C24H26N2O8S2. The van der Waals surface area contributed by atoms with Crippen LogP contribution in [-0.2, 0) is 20.0 Å². The van der Waals surface area contributed by atoms with Crippen molar-refractivity contribution in [3.8, 4) is 23.0 Å². The molecule has 0 aliphatic rings. The van der Waals surface area contributed by atoms with Crippen LogP contribution in [-0.4, -0.2) is 45.3 Å². The first-order valence-electron chi connectivity index (χ1n) is 10.4. The van der Waals surface area contributed by atoms with Crippen LogP contribution in [0.2, 0.25) is 0 Å². The van der Waals surface area contributed by atoms with E-state index in [1.54, 1.807) is 30.3 Å². The van der Waals surface area contributed by atoms with Crippen molar-refractivity contribution in [3.63, 3.8) is 0 Å². The van der Waals surface area contributed by atoms with E-state index in [-0.39, 0.29) is 22.0 Å². The summed E-state index contributed by atoms with van der Waals surface area (Å²) in [6, 6.07) is 15.2. The van der Waals surface area contributed by atoms with Gasteiger partial charge in [-0.1, -0.05) is 18.2 Å². The van der Waals surface area contributed by atoms with E-state index in [1.165, 1.54) is 64.8 Å². The van der Waals surface area contributed by atoms with Gasteiger partial charge in [0, 0.05) is 12.1 Å². The molecule has 3 aromatic carbocycles. The van der Waals surface area contributed by atoms with Crippen molar-refractivity contribution in [1.82, 2.24) is 0 Å². The van der Waals surface area contributed by atoms with Crippen molar-refractivity contribution in [2.75, 3.05) is 37.9 Å². The number of rotatable bonds is 11. The maximum absolute atomic E-state index is 12.8. The average molecular weight is 535 g/mol. The highest BCUT2D eigenvalue weighted by Crippen LogP contribution is 2.35. The first-order chi connectivity index (χ1) is 17.1. The molecule has 0 saturated heterocycles. The summed E-state index contributed by atoms with van der Waals surface area (Å²) in [7, 11) is -2.22. The van der Waals surface area contributed by atoms with Gasteiger partial charge in [0.1, 0.15) is 23.0 Å². The maximum Gasteiger partial charge on any atom is 0.262 e. The van der Waals surface area contributed by atoms with Gasteiger partial charge in [0.15, 0.2) is 0 Å². The van der Waals surface area contributed by atoms with Crippen molar-refractivity contribution in [1.29, 1.82) is 0 Å². The van der Waals surface area contributed by atoms with E-state index < -0.39 is 20.0 Å². The Kier molecular flexibility index (Phi) is 8.33. The van der Waals surface area contributed by atoms with Crippen molar-refractivity contribution < 1.29 is 35.8 Å². The number of hydrogen-bond acceptors (Lipinski definition) is 8. The van der Waals surface area contributed by atoms with Gasteiger partial charge in [-0.2, -0.15) is 0 Å². The molecule has 0 aliphatic carbocycles. The number of anilines is 2. The molecule has 0 heterocycles. The zero-order chi connectivity index (χ0) is 26.3. The summed E-state index contributed by atoms with van der Waals surface area (Å²) < 4.78 is 77.0. The van der Waals surface area contributed by atoms with Crippen molar-refractivity contribution in [2.45, 2.75) is 4.90 Å². The molecule has 0 unspecified atom stereocenters. The van der Waals surface area contributed by atoms with Crippen LogP contribution in [0.15, 0.2) is 71.0 Å². The van der Waals surface area contributed by atoms with Gasteiger partial charge < -0.3 is 18.9 Å². The minimum Gasteiger partial charge on any atom is -0.496 e. The predicted molar refractivity (Wildman–Crippen MR) is 138 cm³/mol. The molecule has 0 bridgehead atoms. The fraction of sp³-hybridized carbons (Fsp3) is 0.167. The molecule has 0 radical (unpaired) electrons. The summed E-state index contributed by atoms with van der Waals surface area (Å²) >= 11 is 0. The molecule has 0 amide bonds. The Morgan fingerprint density at radius 3 is 1.86 bits per heavy atom. The Bertz CT molecular complexity index is 1430. The molecule has 36 heavy (non-hydrogen) atoms. The Morgan fingerprint density at radius 1 is 0.694 bits per heavy atom. The standard InChI is InChI=1S/C24H26N2O8S2/c1-31-18-15-23(33-3)20(24(16-18)34-4)12-13-35(27,28)25-17-10-11-22(32-2)21(14-17)26-36(29,30)19-8-6-5-7-9-19/h5-16,25-26H,1-4H3/b13-12+. The zero-order valence-corrected chi connectivity index (χ0v) is 21.6. The normalized spacial score (nSPS) is 11.7. The fourth-order valence-electron chi connectivity index (χ4n) is 3.21. The molecule has 12 heteroatoms. The summed E-state index contributed by atoms with van der Waals surface area (Å²) in [5, 5.41) is 0.942. The molecule has 3 rings (SSSR count). The molecule has 2 N–H and O–H groups in total. The van der Waals surface area contributed by atoms with E-state index in [0.29, 0.717) is 22.8 Å². The zero-order valence-electron chi connectivity index (χ0n) is 20.0. The fourth-order valence-corrected chi connectivity index (χ4v) is 5.13. The summed E-state index contributed by atoms with van der Waals surface area (Å²) in [4.78, 5) is 0.0448. The third-order valence-electron chi connectivity index (χ3n) is 4.92. The van der Waals surface area contributed by atoms with E-state index in [0.717, 1.165) is 5.41 Å². The molecule has 3 aromatic rings. The van der Waals surface area contributed by atoms with E-state index in [1.807, 2.05) is 0 Å². The summed E-state index contributed by atoms with van der Waals surface area (Å²) in [5.74, 6) is 1.38. The first-order valence-corrected chi connectivity index (χ1v) is 13.4. The van der Waals surface area contributed by atoms with Gasteiger partial charge in [-0.05, 0) is 36.4 Å². The average Bonchev–Trinajstić information content (AvgIpc) is 2.87. The number of sulfonamides is 2. The number of ether oxygens (including phenoxy) is 4. The Hall–Kier alpha value is -3.90. The smallest absolute Gasteiger partial charge is 0.262 e. The summed E-state index contributed by atoms with van der Waals surface area (Å²) in [6.07, 6.45) is 1.32. The highest BCUT2D eigenvalue weighted by molar-refractivity contribution is 7.95. The lowest BCUT2D eigenvalue weighted by Crippen LogP contribution is -2.14. The van der Waals surface area contributed by atoms with Gasteiger partial charge in [0.2, 0.25) is 0 Å². The minimum absolute atomic E-state index is 0.0448. The van der Waals surface area contributed by atoms with Crippen LogP contribution < -0.4 is 28.4 Å². The van der Waals surface area contributed by atoms with Crippen LogP contribution in [0, 0.1) is 0 Å². The van der Waals surface area contributed by atoms with E-state index in [2.05, 4.69) is 9.44 Å². The Labute approximate surface area is 210 Å². The van der Waals surface area contributed by atoms with Crippen LogP contribution in [0.4, 0.5) is 11.4 Å². The van der Waals surface area contributed by atoms with E-state index in [9.17, 15) is 16.8 Å². The van der Waals surface area contributed by atoms with E-state index >= 15 is 0 Å². The largest absolute Gasteiger partial charge is 0.496 e. The van der Waals surface area contributed by atoms with Gasteiger partial charge in [-0.3, -0.25) is 9.44 Å². The van der Waals surface area contributed by atoms with Crippen molar-refractivity contribution in [2.24, 2.45) is 0 Å². The van der Waals surface area contributed by atoms with Crippen LogP contribution in [0.3, 0.4) is 0 Å². The van der Waals surface area contributed by atoms with Crippen LogP contribution in [0.5, 0.6) is 23.0 Å². The first kappa shape index (κ1) is 26.7. The maximum atomic E-state index is 12.8. The summed E-state index contributed by atoms with van der Waals surface area (Å²) in [6.45, 7) is 0. The second-order valence-electron chi connectivity index (χ2n) is 7.23. The van der Waals surface area contributed by atoms with Crippen LogP contribution >= 0.6 is 0 Å². The lowest BCUT2D eigenvalue weighted by Gasteiger charge is -2.14. The third-order valence-corrected chi connectivity index (χ3v) is 7.32. The molecule has 0 atom stereocenters. The Morgan fingerprint density at radius 2 is 1.31 bits per heavy atom. The molecule has 0 aromatic heterocycles. The molecule has 0 saturated carbocycles. The number of methoxy groups -OCH3 is 4.